The molecule has 0 aliphatic rings. The van der Waals surface area contributed by atoms with E-state index in [0.29, 0.717) is 8.95 Å². The van der Waals surface area contributed by atoms with Gasteiger partial charge in [0, 0.05) is 4.47 Å². The number of nitro groups is 1. The monoisotopic (exact) mass is 496 g/mol. The van der Waals surface area contributed by atoms with E-state index in [9.17, 15) is 20.2 Å². The Morgan fingerprint density at radius 3 is 1.76 bits per heavy atom. The Kier molecular flexibility index (Phi) is 4.86. The summed E-state index contributed by atoms with van der Waals surface area (Å²) in [7, 11) is 0. The maximum atomic E-state index is 10.9. The van der Waals surface area contributed by atoms with Crippen molar-refractivity contribution in [2.24, 2.45) is 0 Å². The van der Waals surface area contributed by atoms with Gasteiger partial charge in [-0.1, -0.05) is 0 Å². The summed E-state index contributed by atoms with van der Waals surface area (Å²) in [4.78, 5) is 24.6. The largest absolute Gasteiger partial charge is 0.315 e. The van der Waals surface area contributed by atoms with Gasteiger partial charge in [0.1, 0.15) is 4.47 Å². The van der Waals surface area contributed by atoms with Gasteiger partial charge in [-0.25, -0.2) is 0 Å². The van der Waals surface area contributed by atoms with Crippen LogP contribution in [0.15, 0.2) is 17.9 Å². The first-order valence-electron chi connectivity index (χ1n) is 3.60. The molecule has 0 unspecified atom stereocenters. The molecule has 1 aromatic carbocycles. The lowest BCUT2D eigenvalue weighted by molar-refractivity contribution is -0.712. The third kappa shape index (κ3) is 2.95. The van der Waals surface area contributed by atoms with Crippen LogP contribution in [0.25, 0.3) is 0 Å². The van der Waals surface area contributed by atoms with E-state index in [2.05, 4.69) is 68.6 Å². The summed E-state index contributed by atoms with van der Waals surface area (Å²) in [6, 6.07) is 0. The van der Waals surface area contributed by atoms with E-state index in [1.807, 2.05) is 0 Å². The van der Waals surface area contributed by atoms with E-state index in [1.54, 1.807) is 0 Å². The maximum absolute atomic E-state index is 10.9. The molecule has 11 heteroatoms. The highest BCUT2D eigenvalue weighted by molar-refractivity contribution is 9.15. The van der Waals surface area contributed by atoms with Crippen LogP contribution in [0, 0.1) is 20.2 Å². The SMILES string of the molecule is O=[N+]([O-])Oc1c(Br)c(Br)c(Br)c(Br)c1[N+](=O)[O-]. The Bertz CT molecular complexity index is 520. The Labute approximate surface area is 127 Å². The van der Waals surface area contributed by atoms with Crippen molar-refractivity contribution in [1.29, 1.82) is 0 Å². The molecule has 0 aromatic heterocycles. The zero-order valence-corrected chi connectivity index (χ0v) is 13.8. The van der Waals surface area contributed by atoms with Gasteiger partial charge >= 0.3 is 5.69 Å². The van der Waals surface area contributed by atoms with Crippen LogP contribution in [-0.4, -0.2) is 10.0 Å². The first kappa shape index (κ1) is 14.8. The van der Waals surface area contributed by atoms with Crippen molar-refractivity contribution in [3.05, 3.63) is 38.1 Å². The lowest BCUT2D eigenvalue weighted by Gasteiger charge is -2.09. The van der Waals surface area contributed by atoms with Gasteiger partial charge < -0.3 is 0 Å². The molecular weight excluding hydrogens is 500 g/mol. The number of halogens is 4. The zero-order chi connectivity index (χ0) is 13.3. The summed E-state index contributed by atoms with van der Waals surface area (Å²) in [5.74, 6) is -0.498. The van der Waals surface area contributed by atoms with Crippen LogP contribution < -0.4 is 4.84 Å². The molecule has 1 aromatic rings. The molecule has 0 saturated heterocycles. The molecule has 17 heavy (non-hydrogen) atoms. The van der Waals surface area contributed by atoms with Crippen molar-refractivity contribution in [1.82, 2.24) is 0 Å². The lowest BCUT2D eigenvalue weighted by Crippen LogP contribution is -2.07. The van der Waals surface area contributed by atoms with Crippen molar-refractivity contribution in [3.8, 4) is 5.75 Å². The van der Waals surface area contributed by atoms with Gasteiger partial charge in [-0.3, -0.25) is 15.0 Å². The normalized spacial score (nSPS) is 10.1. The zero-order valence-electron chi connectivity index (χ0n) is 7.45. The Morgan fingerprint density at radius 1 is 0.882 bits per heavy atom. The summed E-state index contributed by atoms with van der Waals surface area (Å²) in [5.41, 5.74) is -0.552. The quantitative estimate of drug-likeness (QED) is 0.269. The minimum absolute atomic E-state index is 0.0365. The number of hydrogen-bond donors (Lipinski definition) is 0. The predicted molar refractivity (Wildman–Crippen MR) is 71.5 cm³/mol. The van der Waals surface area contributed by atoms with Gasteiger partial charge in [0.2, 0.25) is 5.75 Å². The number of hydrogen-bond acceptors (Lipinski definition) is 5. The fourth-order valence-electron chi connectivity index (χ4n) is 0.921. The highest BCUT2D eigenvalue weighted by Crippen LogP contribution is 2.50. The molecule has 0 fully saturated rings. The van der Waals surface area contributed by atoms with Crippen molar-refractivity contribution in [2.75, 3.05) is 0 Å². The minimum Gasteiger partial charge on any atom is -0.268 e. The molecule has 0 N–H and O–H groups in total. The van der Waals surface area contributed by atoms with Crippen LogP contribution >= 0.6 is 63.7 Å². The molecule has 0 aliphatic heterocycles. The second-order valence-corrected chi connectivity index (χ2v) is 5.68. The van der Waals surface area contributed by atoms with Gasteiger partial charge in [0.15, 0.2) is 0 Å². The molecule has 0 spiro atoms. The van der Waals surface area contributed by atoms with Crippen molar-refractivity contribution in [2.45, 2.75) is 0 Å². The summed E-state index contributed by atoms with van der Waals surface area (Å²) in [5, 5.41) is 20.0. The number of nitrogens with zero attached hydrogens (tertiary/aromatic N) is 2. The van der Waals surface area contributed by atoms with Gasteiger partial charge in [-0.05, 0) is 63.7 Å². The number of benzene rings is 1. The van der Waals surface area contributed by atoms with E-state index < -0.39 is 21.4 Å². The van der Waals surface area contributed by atoms with Crippen molar-refractivity contribution in [3.63, 3.8) is 0 Å². The molecule has 0 radical (unpaired) electrons. The lowest BCUT2D eigenvalue weighted by atomic mass is 10.3. The average Bonchev–Trinajstić information content (AvgIpc) is 2.22. The molecular formula is C6Br4N2O5. The fraction of sp³-hybridized carbons (Fsp3) is 0. The fourth-order valence-corrected chi connectivity index (χ4v) is 3.20. The molecule has 7 nitrogen and oxygen atoms in total. The molecule has 0 heterocycles. The number of nitro benzene ring substituents is 1. The Morgan fingerprint density at radius 2 is 1.35 bits per heavy atom. The second kappa shape index (κ2) is 5.59. The van der Waals surface area contributed by atoms with Crippen molar-refractivity contribution >= 4 is 69.4 Å². The first-order chi connectivity index (χ1) is 7.77. The van der Waals surface area contributed by atoms with Crippen LogP contribution in [-0.2, 0) is 0 Å². The van der Waals surface area contributed by atoms with Crippen LogP contribution in [0.4, 0.5) is 5.69 Å². The standard InChI is InChI=1S/C6Br4N2O5/c7-1-2(8)4(10)6(17-12(15)16)5(3(1)9)11(13)14. The van der Waals surface area contributed by atoms with Crippen LogP contribution in [0.3, 0.4) is 0 Å². The molecule has 0 amide bonds. The summed E-state index contributed by atoms with van der Waals surface area (Å²) in [6.45, 7) is 0. The predicted octanol–water partition coefficient (Wildman–Crippen LogP) is 4.22. The van der Waals surface area contributed by atoms with Gasteiger partial charge in [0.05, 0.1) is 13.9 Å². The van der Waals surface area contributed by atoms with Gasteiger partial charge in [-0.15, -0.1) is 10.1 Å². The van der Waals surface area contributed by atoms with Crippen LogP contribution in [0.1, 0.15) is 0 Å². The van der Waals surface area contributed by atoms with E-state index in [-0.39, 0.29) is 8.95 Å². The molecule has 0 bridgehead atoms. The number of rotatable bonds is 3. The third-order valence-corrected chi connectivity index (χ3v) is 6.26. The highest BCUT2D eigenvalue weighted by Gasteiger charge is 2.29. The Hall–Kier alpha value is -0.260. The van der Waals surface area contributed by atoms with E-state index in [0.717, 1.165) is 0 Å². The summed E-state index contributed by atoms with van der Waals surface area (Å²) < 4.78 is 0.795. The molecule has 0 aliphatic carbocycles. The molecule has 1 rings (SSSR count). The summed E-state index contributed by atoms with van der Waals surface area (Å²) >= 11 is 12.1. The van der Waals surface area contributed by atoms with E-state index in [1.165, 1.54) is 0 Å². The van der Waals surface area contributed by atoms with E-state index in [4.69, 9.17) is 0 Å². The minimum atomic E-state index is -1.13. The molecule has 0 atom stereocenters. The van der Waals surface area contributed by atoms with Crippen LogP contribution in [0.2, 0.25) is 0 Å². The van der Waals surface area contributed by atoms with Gasteiger partial charge in [-0.2, -0.15) is 0 Å². The average molecular weight is 500 g/mol. The topological polar surface area (TPSA) is 95.5 Å². The molecule has 0 saturated carbocycles. The van der Waals surface area contributed by atoms with Crippen LogP contribution in [0.5, 0.6) is 5.75 Å². The maximum Gasteiger partial charge on any atom is 0.315 e. The smallest absolute Gasteiger partial charge is 0.268 e. The van der Waals surface area contributed by atoms with Crippen molar-refractivity contribution < 1.29 is 14.8 Å². The van der Waals surface area contributed by atoms with E-state index >= 15 is 0 Å². The Balaban J connectivity index is 3.65. The van der Waals surface area contributed by atoms with Gasteiger partial charge in [0.25, 0.3) is 5.09 Å². The second-order valence-electron chi connectivity index (χ2n) is 2.51. The molecule has 92 valence electrons. The third-order valence-electron chi connectivity index (χ3n) is 1.55. The first-order valence-corrected chi connectivity index (χ1v) is 6.77. The summed E-state index contributed by atoms with van der Waals surface area (Å²) in [6.07, 6.45) is 0. The highest BCUT2D eigenvalue weighted by atomic mass is 79.9.